The van der Waals surface area contributed by atoms with E-state index in [1.54, 1.807) is 11.3 Å². The highest BCUT2D eigenvalue weighted by Crippen LogP contribution is 2.20. The lowest BCUT2D eigenvalue weighted by Gasteiger charge is -1.85. The lowest BCUT2D eigenvalue weighted by molar-refractivity contribution is 1.73. The van der Waals surface area contributed by atoms with Gasteiger partial charge in [-0.2, -0.15) is 0 Å². The van der Waals surface area contributed by atoms with Crippen LogP contribution in [0.15, 0.2) is 15.2 Å². The van der Waals surface area contributed by atoms with E-state index in [4.69, 9.17) is 18.0 Å². The first-order chi connectivity index (χ1) is 4.20. The van der Waals surface area contributed by atoms with E-state index in [0.717, 1.165) is 9.35 Å². The fourth-order valence-corrected chi connectivity index (χ4v) is 1.79. The first-order valence-electron chi connectivity index (χ1n) is 2.24. The number of nitrogens with two attached hydrogens (primary N) is 1. The molecule has 4 heteroatoms. The van der Waals surface area contributed by atoms with E-state index in [-0.39, 0.29) is 0 Å². The standard InChI is InChI=1S/C5H4BrNS2/c6-4-1-3(2-9-4)5(7)8/h1-2H,(H2,7,8). The Morgan fingerprint density at radius 2 is 2.44 bits per heavy atom. The van der Waals surface area contributed by atoms with Gasteiger partial charge in [-0.05, 0) is 22.0 Å². The van der Waals surface area contributed by atoms with Crippen LogP contribution in [0.4, 0.5) is 0 Å². The van der Waals surface area contributed by atoms with Crippen LogP contribution in [-0.2, 0) is 0 Å². The molecular formula is C5H4BrNS2. The summed E-state index contributed by atoms with van der Waals surface area (Å²) >= 11 is 9.62. The summed E-state index contributed by atoms with van der Waals surface area (Å²) in [6, 6.07) is 1.91. The predicted octanol–water partition coefficient (Wildman–Crippen LogP) is 2.14. The maximum absolute atomic E-state index is 5.34. The molecule has 0 radical (unpaired) electrons. The highest BCUT2D eigenvalue weighted by atomic mass is 79.9. The zero-order valence-corrected chi connectivity index (χ0v) is 7.65. The molecule has 0 aliphatic carbocycles. The van der Waals surface area contributed by atoms with Crippen LogP contribution in [0.5, 0.6) is 0 Å². The molecule has 0 amide bonds. The molecule has 9 heavy (non-hydrogen) atoms. The van der Waals surface area contributed by atoms with Crippen molar-refractivity contribution in [3.8, 4) is 0 Å². The second-order valence-corrected chi connectivity index (χ2v) is 4.23. The van der Waals surface area contributed by atoms with Gasteiger partial charge in [-0.3, -0.25) is 0 Å². The topological polar surface area (TPSA) is 26.0 Å². The smallest absolute Gasteiger partial charge is 0.104 e. The molecule has 0 atom stereocenters. The van der Waals surface area contributed by atoms with E-state index in [0.29, 0.717) is 4.99 Å². The third kappa shape index (κ3) is 1.74. The van der Waals surface area contributed by atoms with Crippen LogP contribution in [0.3, 0.4) is 0 Å². The quantitative estimate of drug-likeness (QED) is 0.736. The number of hydrogen-bond donors (Lipinski definition) is 1. The molecular weight excluding hydrogens is 218 g/mol. The summed E-state index contributed by atoms with van der Waals surface area (Å²) < 4.78 is 1.06. The SMILES string of the molecule is NC(=S)c1csc(Br)c1. The number of rotatable bonds is 1. The summed E-state index contributed by atoms with van der Waals surface area (Å²) in [6.07, 6.45) is 0. The molecule has 1 nitrogen and oxygen atoms in total. The Hall–Kier alpha value is 0.0700. The third-order valence-corrected chi connectivity index (χ3v) is 2.59. The summed E-state index contributed by atoms with van der Waals surface area (Å²) in [7, 11) is 0. The van der Waals surface area contributed by atoms with Crippen molar-refractivity contribution >= 4 is 44.5 Å². The largest absolute Gasteiger partial charge is 0.389 e. The normalized spacial score (nSPS) is 9.44. The number of hydrogen-bond acceptors (Lipinski definition) is 2. The van der Waals surface area contributed by atoms with Gasteiger partial charge in [0.05, 0.1) is 3.79 Å². The average molecular weight is 222 g/mol. The zero-order valence-electron chi connectivity index (χ0n) is 4.43. The highest BCUT2D eigenvalue weighted by Gasteiger charge is 1.97. The minimum Gasteiger partial charge on any atom is -0.389 e. The van der Waals surface area contributed by atoms with Crippen molar-refractivity contribution in [1.82, 2.24) is 0 Å². The minimum atomic E-state index is 0.456. The molecule has 1 rings (SSSR count). The Balaban J connectivity index is 2.98. The van der Waals surface area contributed by atoms with Crippen molar-refractivity contribution in [2.45, 2.75) is 0 Å². The number of halogens is 1. The molecule has 0 saturated carbocycles. The average Bonchev–Trinajstić information content (AvgIpc) is 2.14. The van der Waals surface area contributed by atoms with E-state index in [1.807, 2.05) is 11.4 Å². The fourth-order valence-electron chi connectivity index (χ4n) is 0.439. The Labute approximate surface area is 71.0 Å². The molecule has 0 unspecified atom stereocenters. The predicted molar refractivity (Wildman–Crippen MR) is 47.9 cm³/mol. The van der Waals surface area contributed by atoms with Crippen molar-refractivity contribution in [2.24, 2.45) is 5.73 Å². The third-order valence-electron chi connectivity index (χ3n) is 0.852. The molecule has 1 aromatic heterocycles. The maximum atomic E-state index is 5.34. The summed E-state index contributed by atoms with van der Waals surface area (Å²) in [4.78, 5) is 0.456. The van der Waals surface area contributed by atoms with Crippen LogP contribution in [0.1, 0.15) is 5.56 Å². The summed E-state index contributed by atoms with van der Waals surface area (Å²) in [5.41, 5.74) is 6.28. The molecule has 0 aliphatic rings. The molecule has 0 spiro atoms. The summed E-state index contributed by atoms with van der Waals surface area (Å²) in [5, 5.41) is 1.92. The van der Waals surface area contributed by atoms with Crippen molar-refractivity contribution in [1.29, 1.82) is 0 Å². The molecule has 0 saturated heterocycles. The van der Waals surface area contributed by atoms with Gasteiger partial charge in [-0.15, -0.1) is 11.3 Å². The van der Waals surface area contributed by atoms with Gasteiger partial charge in [0.15, 0.2) is 0 Å². The van der Waals surface area contributed by atoms with Crippen molar-refractivity contribution < 1.29 is 0 Å². The first kappa shape index (κ1) is 7.18. The van der Waals surface area contributed by atoms with Crippen molar-refractivity contribution in [3.63, 3.8) is 0 Å². The van der Waals surface area contributed by atoms with Gasteiger partial charge in [-0.25, -0.2) is 0 Å². The Bertz CT molecular complexity index is 231. The van der Waals surface area contributed by atoms with E-state index in [9.17, 15) is 0 Å². The van der Waals surface area contributed by atoms with Gasteiger partial charge >= 0.3 is 0 Å². The van der Waals surface area contributed by atoms with Crippen molar-refractivity contribution in [3.05, 3.63) is 20.8 Å². The van der Waals surface area contributed by atoms with Crippen LogP contribution < -0.4 is 5.73 Å². The monoisotopic (exact) mass is 221 g/mol. The Morgan fingerprint density at radius 3 is 2.67 bits per heavy atom. The van der Waals surface area contributed by atoms with Gasteiger partial charge in [0.2, 0.25) is 0 Å². The summed E-state index contributed by atoms with van der Waals surface area (Å²) in [6.45, 7) is 0. The molecule has 0 aromatic carbocycles. The van der Waals surface area contributed by atoms with E-state index in [2.05, 4.69) is 15.9 Å². The van der Waals surface area contributed by atoms with E-state index >= 15 is 0 Å². The van der Waals surface area contributed by atoms with Gasteiger partial charge in [0.25, 0.3) is 0 Å². The van der Waals surface area contributed by atoms with Gasteiger partial charge < -0.3 is 5.73 Å². The molecule has 48 valence electrons. The lowest BCUT2D eigenvalue weighted by atomic mass is 10.3. The minimum absolute atomic E-state index is 0.456. The van der Waals surface area contributed by atoms with E-state index in [1.165, 1.54) is 0 Å². The van der Waals surface area contributed by atoms with Crippen LogP contribution >= 0.6 is 39.5 Å². The second-order valence-electron chi connectivity index (χ2n) is 1.50. The highest BCUT2D eigenvalue weighted by molar-refractivity contribution is 9.11. The molecule has 1 aromatic rings. The van der Waals surface area contributed by atoms with Gasteiger partial charge in [0, 0.05) is 10.9 Å². The summed E-state index contributed by atoms with van der Waals surface area (Å²) in [5.74, 6) is 0. The lowest BCUT2D eigenvalue weighted by Crippen LogP contribution is -2.07. The molecule has 2 N–H and O–H groups in total. The fraction of sp³-hybridized carbons (Fsp3) is 0. The molecule has 1 heterocycles. The maximum Gasteiger partial charge on any atom is 0.104 e. The number of thiophene rings is 1. The molecule has 0 bridgehead atoms. The van der Waals surface area contributed by atoms with Crippen LogP contribution in [0, 0.1) is 0 Å². The van der Waals surface area contributed by atoms with Crippen LogP contribution in [0.25, 0.3) is 0 Å². The number of thiocarbonyl (C=S) groups is 1. The molecule has 0 fully saturated rings. The second kappa shape index (κ2) is 2.77. The van der Waals surface area contributed by atoms with Crippen molar-refractivity contribution in [2.75, 3.05) is 0 Å². The van der Waals surface area contributed by atoms with E-state index < -0.39 is 0 Å². The van der Waals surface area contributed by atoms with Crippen LogP contribution in [-0.4, -0.2) is 4.99 Å². The van der Waals surface area contributed by atoms with Gasteiger partial charge in [0.1, 0.15) is 4.99 Å². The Kier molecular flexibility index (Phi) is 2.21. The van der Waals surface area contributed by atoms with Gasteiger partial charge in [-0.1, -0.05) is 12.2 Å². The first-order valence-corrected chi connectivity index (χ1v) is 4.32. The zero-order chi connectivity index (χ0) is 6.85. The van der Waals surface area contributed by atoms with Crippen LogP contribution in [0.2, 0.25) is 0 Å². The molecule has 0 aliphatic heterocycles. The Morgan fingerprint density at radius 1 is 1.78 bits per heavy atom.